The van der Waals surface area contributed by atoms with Crippen LogP contribution < -0.4 is 0 Å². The molecule has 2 amide bonds. The summed E-state index contributed by atoms with van der Waals surface area (Å²) in [7, 11) is 0. The Bertz CT molecular complexity index is 590. The van der Waals surface area contributed by atoms with Crippen molar-refractivity contribution in [3.05, 3.63) is 41.7 Å². The van der Waals surface area contributed by atoms with Gasteiger partial charge in [0.2, 0.25) is 0 Å². The lowest BCUT2D eigenvalue weighted by Gasteiger charge is -2.12. The van der Waals surface area contributed by atoms with Crippen molar-refractivity contribution in [3.63, 3.8) is 0 Å². The highest BCUT2D eigenvalue weighted by atomic mass is 16.7. The van der Waals surface area contributed by atoms with Crippen LogP contribution in [0.3, 0.4) is 0 Å². The Balaban J connectivity index is 1.67. The van der Waals surface area contributed by atoms with E-state index < -0.39 is 11.8 Å². The Morgan fingerprint density at radius 2 is 1.79 bits per heavy atom. The molecule has 1 aromatic heterocycles. The predicted molar refractivity (Wildman–Crippen MR) is 60.7 cm³/mol. The fourth-order valence-corrected chi connectivity index (χ4v) is 1.79. The molecule has 96 valence electrons. The zero-order chi connectivity index (χ0) is 13.2. The molecule has 0 N–H and O–H groups in total. The van der Waals surface area contributed by atoms with E-state index in [-0.39, 0.29) is 6.61 Å². The molecule has 0 saturated carbocycles. The molecule has 8 heteroatoms. The molecule has 19 heavy (non-hydrogen) atoms. The molecule has 0 unspecified atom stereocenters. The summed E-state index contributed by atoms with van der Waals surface area (Å²) in [5.74, 6) is -0.903. The summed E-state index contributed by atoms with van der Waals surface area (Å²) in [4.78, 5) is 30.4. The van der Waals surface area contributed by atoms with Gasteiger partial charge >= 0.3 is 0 Å². The lowest BCUT2D eigenvalue weighted by molar-refractivity contribution is -0.0948. The van der Waals surface area contributed by atoms with E-state index in [1.165, 1.54) is 11.1 Å². The van der Waals surface area contributed by atoms with Gasteiger partial charge in [-0.3, -0.25) is 14.4 Å². The quantitative estimate of drug-likeness (QED) is 0.712. The minimum Gasteiger partial charge on any atom is -0.266 e. The van der Waals surface area contributed by atoms with Crippen LogP contribution >= 0.6 is 0 Å². The molecule has 0 atom stereocenters. The van der Waals surface area contributed by atoms with E-state index in [4.69, 9.17) is 4.84 Å². The standard InChI is InChI=1S/C11H9N5O3/c17-10-8-3-1-2-4-9(8)11(18)16(10)19-6-5-15-13-7-12-14-15/h1-4,7H,5-6H2. The smallest absolute Gasteiger partial charge is 0.266 e. The maximum atomic E-state index is 11.9. The van der Waals surface area contributed by atoms with Crippen LogP contribution in [0.25, 0.3) is 0 Å². The van der Waals surface area contributed by atoms with Crippen LogP contribution in [0.4, 0.5) is 0 Å². The number of hydroxylamine groups is 2. The molecule has 8 nitrogen and oxygen atoms in total. The highest BCUT2D eigenvalue weighted by Gasteiger charge is 2.36. The van der Waals surface area contributed by atoms with Gasteiger partial charge in [0.15, 0.2) is 6.33 Å². The molecule has 1 aliphatic heterocycles. The van der Waals surface area contributed by atoms with Crippen molar-refractivity contribution in [2.45, 2.75) is 6.54 Å². The summed E-state index contributed by atoms with van der Waals surface area (Å²) in [6.45, 7) is 0.398. The number of tetrazole rings is 1. The molecule has 0 fully saturated rings. The number of aromatic nitrogens is 4. The molecular formula is C11H9N5O3. The number of amides is 2. The van der Waals surface area contributed by atoms with E-state index in [0.717, 1.165) is 5.06 Å². The number of hydrogen-bond acceptors (Lipinski definition) is 6. The minimum absolute atomic E-state index is 0.0990. The van der Waals surface area contributed by atoms with Gasteiger partial charge in [0.1, 0.15) is 0 Å². The summed E-state index contributed by atoms with van der Waals surface area (Å²) in [6, 6.07) is 6.59. The Kier molecular flexibility index (Phi) is 2.76. The largest absolute Gasteiger partial charge is 0.285 e. The number of fused-ring (bicyclic) bond motifs is 1. The number of imide groups is 1. The Hall–Kier alpha value is -2.61. The summed E-state index contributed by atoms with van der Waals surface area (Å²) >= 11 is 0. The van der Waals surface area contributed by atoms with Gasteiger partial charge in [0, 0.05) is 0 Å². The van der Waals surface area contributed by atoms with Gasteiger partial charge in [-0.1, -0.05) is 12.1 Å². The third-order valence-corrected chi connectivity index (χ3v) is 2.66. The summed E-state index contributed by atoms with van der Waals surface area (Å²) < 4.78 is 0. The second-order valence-corrected chi connectivity index (χ2v) is 3.82. The molecule has 0 saturated heterocycles. The van der Waals surface area contributed by atoms with Crippen molar-refractivity contribution in [3.8, 4) is 0 Å². The van der Waals surface area contributed by atoms with Crippen LogP contribution in [0.1, 0.15) is 20.7 Å². The van der Waals surface area contributed by atoms with Crippen LogP contribution in [0, 0.1) is 0 Å². The Morgan fingerprint density at radius 3 is 2.37 bits per heavy atom. The first-order chi connectivity index (χ1) is 9.27. The molecule has 1 aromatic carbocycles. The number of nitrogens with zero attached hydrogens (tertiary/aromatic N) is 5. The van der Waals surface area contributed by atoms with Crippen molar-refractivity contribution in [2.75, 3.05) is 6.61 Å². The minimum atomic E-state index is -0.452. The number of carbonyl (C=O) groups excluding carboxylic acids is 2. The van der Waals surface area contributed by atoms with Crippen LogP contribution in [-0.4, -0.2) is 43.7 Å². The van der Waals surface area contributed by atoms with E-state index in [0.29, 0.717) is 17.7 Å². The summed E-state index contributed by atoms with van der Waals surface area (Å²) in [5, 5.41) is 11.7. The molecule has 2 heterocycles. The van der Waals surface area contributed by atoms with Gasteiger partial charge in [0.05, 0.1) is 24.3 Å². The van der Waals surface area contributed by atoms with E-state index in [9.17, 15) is 9.59 Å². The first-order valence-corrected chi connectivity index (χ1v) is 5.59. The zero-order valence-corrected chi connectivity index (χ0v) is 9.76. The first-order valence-electron chi connectivity index (χ1n) is 5.59. The van der Waals surface area contributed by atoms with Gasteiger partial charge < -0.3 is 0 Å². The molecule has 0 aliphatic carbocycles. The maximum Gasteiger partial charge on any atom is 0.285 e. The number of benzene rings is 1. The number of hydrogen-bond donors (Lipinski definition) is 0. The van der Waals surface area contributed by atoms with Crippen molar-refractivity contribution >= 4 is 11.8 Å². The topological polar surface area (TPSA) is 90.2 Å². The van der Waals surface area contributed by atoms with Crippen molar-refractivity contribution in [1.29, 1.82) is 0 Å². The van der Waals surface area contributed by atoms with Gasteiger partial charge in [-0.25, -0.2) is 0 Å². The SMILES string of the molecule is O=C1c2ccccc2C(=O)N1OCCn1ncnn1. The molecule has 3 rings (SSSR count). The molecule has 1 aliphatic rings. The Labute approximate surface area is 107 Å². The lowest BCUT2D eigenvalue weighted by Crippen LogP contribution is -2.31. The second kappa shape index (κ2) is 4.58. The number of carbonyl (C=O) groups is 2. The van der Waals surface area contributed by atoms with Gasteiger partial charge in [-0.15, -0.1) is 15.3 Å². The normalized spacial score (nSPS) is 14.0. The Morgan fingerprint density at radius 1 is 1.11 bits per heavy atom. The van der Waals surface area contributed by atoms with Crippen LogP contribution in [0.5, 0.6) is 0 Å². The van der Waals surface area contributed by atoms with Gasteiger partial charge in [0.25, 0.3) is 11.8 Å². The predicted octanol–water partition coefficient (Wildman–Crippen LogP) is -0.0991. The molecule has 0 spiro atoms. The lowest BCUT2D eigenvalue weighted by atomic mass is 10.1. The van der Waals surface area contributed by atoms with Crippen LogP contribution in [0.2, 0.25) is 0 Å². The fraction of sp³-hybridized carbons (Fsp3) is 0.182. The summed E-state index contributed by atoms with van der Waals surface area (Å²) in [5.41, 5.74) is 0.706. The van der Waals surface area contributed by atoms with Gasteiger partial charge in [-0.2, -0.15) is 4.80 Å². The number of rotatable bonds is 4. The average molecular weight is 259 g/mol. The first kappa shape index (κ1) is 11.5. The maximum absolute atomic E-state index is 11.9. The highest BCUT2D eigenvalue weighted by Crippen LogP contribution is 2.22. The molecule has 0 radical (unpaired) electrons. The van der Waals surface area contributed by atoms with Crippen LogP contribution in [-0.2, 0) is 11.4 Å². The van der Waals surface area contributed by atoms with E-state index in [1.54, 1.807) is 24.3 Å². The van der Waals surface area contributed by atoms with Crippen molar-refractivity contribution < 1.29 is 14.4 Å². The van der Waals surface area contributed by atoms with E-state index >= 15 is 0 Å². The van der Waals surface area contributed by atoms with Crippen LogP contribution in [0.15, 0.2) is 30.6 Å². The van der Waals surface area contributed by atoms with Crippen molar-refractivity contribution in [1.82, 2.24) is 25.3 Å². The second-order valence-electron chi connectivity index (χ2n) is 3.82. The molecule has 2 aromatic rings. The van der Waals surface area contributed by atoms with Crippen molar-refractivity contribution in [2.24, 2.45) is 0 Å². The zero-order valence-electron chi connectivity index (χ0n) is 9.76. The fourth-order valence-electron chi connectivity index (χ4n) is 1.79. The van der Waals surface area contributed by atoms with E-state index in [2.05, 4.69) is 15.4 Å². The monoisotopic (exact) mass is 259 g/mol. The summed E-state index contributed by atoms with van der Waals surface area (Å²) in [6.07, 6.45) is 1.29. The highest BCUT2D eigenvalue weighted by molar-refractivity contribution is 6.20. The third kappa shape index (κ3) is 1.97. The molecule has 0 bridgehead atoms. The van der Waals surface area contributed by atoms with Gasteiger partial charge in [-0.05, 0) is 17.3 Å². The van der Waals surface area contributed by atoms with E-state index in [1.807, 2.05) is 0 Å². The molecular weight excluding hydrogens is 250 g/mol. The average Bonchev–Trinajstić information content (AvgIpc) is 3.02. The third-order valence-electron chi connectivity index (χ3n) is 2.66.